The van der Waals surface area contributed by atoms with E-state index in [1.807, 2.05) is 19.9 Å². The highest BCUT2D eigenvalue weighted by Crippen LogP contribution is 2.28. The van der Waals surface area contributed by atoms with E-state index >= 15 is 0 Å². The smallest absolute Gasteiger partial charge is 0.0630 e. The summed E-state index contributed by atoms with van der Waals surface area (Å²) in [5, 5.41) is 0. The van der Waals surface area contributed by atoms with Crippen molar-refractivity contribution in [1.29, 1.82) is 0 Å². The van der Waals surface area contributed by atoms with Crippen molar-refractivity contribution in [2.75, 3.05) is 0 Å². The molecule has 2 aromatic rings. The first-order chi connectivity index (χ1) is 11.9. The summed E-state index contributed by atoms with van der Waals surface area (Å²) >= 11 is 0. The summed E-state index contributed by atoms with van der Waals surface area (Å²) in [7, 11) is 0. The fraction of sp³-hybridized carbons (Fsp3) is 0.208. The third-order valence-corrected chi connectivity index (χ3v) is 4.71. The van der Waals surface area contributed by atoms with Crippen LogP contribution < -0.4 is 0 Å². The van der Waals surface area contributed by atoms with E-state index in [4.69, 9.17) is 4.99 Å². The predicted molar refractivity (Wildman–Crippen MR) is 111 cm³/mol. The van der Waals surface area contributed by atoms with E-state index in [-0.39, 0.29) is 0 Å². The Hall–Kier alpha value is -2.67. The largest absolute Gasteiger partial charge is 0.253 e. The maximum atomic E-state index is 4.71. The third-order valence-electron chi connectivity index (χ3n) is 4.71. The van der Waals surface area contributed by atoms with Crippen LogP contribution in [0.25, 0.3) is 11.1 Å². The molecule has 0 spiro atoms. The predicted octanol–water partition coefficient (Wildman–Crippen LogP) is 6.73. The van der Waals surface area contributed by atoms with Gasteiger partial charge in [-0.05, 0) is 79.6 Å². The monoisotopic (exact) mass is 329 g/mol. The molecule has 1 heteroatoms. The molecule has 0 heterocycles. The van der Waals surface area contributed by atoms with Crippen molar-refractivity contribution in [3.8, 4) is 11.1 Å². The molecule has 0 aromatic heterocycles. The minimum atomic E-state index is 0.742. The van der Waals surface area contributed by atoms with Crippen molar-refractivity contribution >= 4 is 5.71 Å². The molecule has 25 heavy (non-hydrogen) atoms. The van der Waals surface area contributed by atoms with Gasteiger partial charge in [0.05, 0.1) is 5.70 Å². The zero-order valence-electron chi connectivity index (χ0n) is 16.0. The Balaban J connectivity index is 2.51. The van der Waals surface area contributed by atoms with Gasteiger partial charge in [-0.1, -0.05) is 55.6 Å². The van der Waals surface area contributed by atoms with Crippen LogP contribution in [-0.4, -0.2) is 5.71 Å². The molecule has 0 atom stereocenters. The number of rotatable bonds is 5. The van der Waals surface area contributed by atoms with E-state index in [0.29, 0.717) is 0 Å². The lowest BCUT2D eigenvalue weighted by Gasteiger charge is -2.13. The molecule has 0 aliphatic carbocycles. The van der Waals surface area contributed by atoms with E-state index in [9.17, 15) is 0 Å². The maximum Gasteiger partial charge on any atom is 0.0630 e. The van der Waals surface area contributed by atoms with Crippen molar-refractivity contribution in [2.24, 2.45) is 4.99 Å². The van der Waals surface area contributed by atoms with Gasteiger partial charge in [-0.2, -0.15) is 0 Å². The summed E-state index contributed by atoms with van der Waals surface area (Å²) in [6, 6.07) is 13.0. The standard InChI is InChI=1S/C24H27N/c1-8-21(9-2)19(6)25-20(7)24-15-22(14-13-17(24)4)23-12-10-11-16(3)18(23)5/h8-15H,1,6H2,2-5,7H3/b21-9+,25-20-. The normalized spacial score (nSPS) is 12.2. The van der Waals surface area contributed by atoms with Crippen molar-refractivity contribution in [3.63, 3.8) is 0 Å². The molecule has 0 amide bonds. The number of aryl methyl sites for hydroxylation is 2. The van der Waals surface area contributed by atoms with Gasteiger partial charge < -0.3 is 0 Å². The lowest BCUT2D eigenvalue weighted by molar-refractivity contribution is 1.31. The first kappa shape index (κ1) is 18.7. The first-order valence-corrected chi connectivity index (χ1v) is 8.60. The lowest BCUT2D eigenvalue weighted by atomic mass is 9.93. The zero-order chi connectivity index (χ0) is 18.6. The molecule has 0 aliphatic heterocycles. The molecule has 0 aliphatic rings. The molecule has 0 fully saturated rings. The Morgan fingerprint density at radius 3 is 2.40 bits per heavy atom. The number of nitrogens with zero attached hydrogens (tertiary/aromatic N) is 1. The Bertz CT molecular complexity index is 879. The third kappa shape index (κ3) is 4.06. The van der Waals surface area contributed by atoms with E-state index in [1.54, 1.807) is 6.08 Å². The van der Waals surface area contributed by atoms with Crippen LogP contribution in [0.3, 0.4) is 0 Å². The summed E-state index contributed by atoms with van der Waals surface area (Å²) in [4.78, 5) is 4.71. The molecule has 0 radical (unpaired) electrons. The maximum absolute atomic E-state index is 4.71. The average Bonchev–Trinajstić information content (AvgIpc) is 2.59. The summed E-state index contributed by atoms with van der Waals surface area (Å²) in [5.41, 5.74) is 10.2. The van der Waals surface area contributed by atoms with E-state index in [0.717, 1.165) is 22.5 Å². The molecule has 0 saturated carbocycles. The molecule has 128 valence electrons. The van der Waals surface area contributed by atoms with Crippen LogP contribution in [0, 0.1) is 20.8 Å². The highest BCUT2D eigenvalue weighted by molar-refractivity contribution is 6.01. The number of aliphatic imine (C=N–C) groups is 1. The second-order valence-electron chi connectivity index (χ2n) is 6.37. The van der Waals surface area contributed by atoms with Crippen molar-refractivity contribution in [2.45, 2.75) is 34.6 Å². The van der Waals surface area contributed by atoms with Crippen LogP contribution in [0.15, 0.2) is 78.0 Å². The average molecular weight is 329 g/mol. The quantitative estimate of drug-likeness (QED) is 0.426. The van der Waals surface area contributed by atoms with E-state index in [1.165, 1.54) is 27.8 Å². The van der Waals surface area contributed by atoms with Gasteiger partial charge in [0.15, 0.2) is 0 Å². The molecule has 2 aromatic carbocycles. The topological polar surface area (TPSA) is 12.4 Å². The molecule has 0 bridgehead atoms. The van der Waals surface area contributed by atoms with Gasteiger partial charge >= 0.3 is 0 Å². The number of benzene rings is 2. The van der Waals surface area contributed by atoms with Gasteiger partial charge in [0.1, 0.15) is 0 Å². The zero-order valence-corrected chi connectivity index (χ0v) is 16.0. The Labute approximate surface area is 152 Å². The summed E-state index contributed by atoms with van der Waals surface area (Å²) < 4.78 is 0. The molecule has 1 nitrogen and oxygen atoms in total. The molecule has 2 rings (SSSR count). The summed E-state index contributed by atoms with van der Waals surface area (Å²) in [5.74, 6) is 0. The summed E-state index contributed by atoms with van der Waals surface area (Å²) in [6.45, 7) is 18.4. The van der Waals surface area contributed by atoms with Gasteiger partial charge in [0, 0.05) is 5.71 Å². The molecular weight excluding hydrogens is 302 g/mol. The number of hydrogen-bond acceptors (Lipinski definition) is 1. The first-order valence-electron chi connectivity index (χ1n) is 8.60. The van der Waals surface area contributed by atoms with Crippen LogP contribution >= 0.6 is 0 Å². The summed E-state index contributed by atoms with van der Waals surface area (Å²) in [6.07, 6.45) is 3.77. The lowest BCUT2D eigenvalue weighted by Crippen LogP contribution is -2.00. The molecule has 0 saturated heterocycles. The van der Waals surface area contributed by atoms with Crippen LogP contribution in [0.2, 0.25) is 0 Å². The molecule has 0 N–H and O–H groups in total. The number of allylic oxidation sites excluding steroid dienone is 2. The SMILES string of the molecule is C=C/C(=C\C)C(=C)/N=C(/C)c1cc(-c2cccc(C)c2C)ccc1C. The van der Waals surface area contributed by atoms with Gasteiger partial charge in [0.2, 0.25) is 0 Å². The minimum absolute atomic E-state index is 0.742. The highest BCUT2D eigenvalue weighted by Gasteiger charge is 2.09. The second-order valence-corrected chi connectivity index (χ2v) is 6.37. The molecule has 0 unspecified atom stereocenters. The van der Waals surface area contributed by atoms with Crippen LogP contribution in [0.4, 0.5) is 0 Å². The van der Waals surface area contributed by atoms with Crippen LogP contribution in [-0.2, 0) is 0 Å². The van der Waals surface area contributed by atoms with E-state index in [2.05, 4.69) is 70.3 Å². The fourth-order valence-corrected chi connectivity index (χ4v) is 2.97. The van der Waals surface area contributed by atoms with Gasteiger partial charge in [-0.25, -0.2) is 0 Å². The van der Waals surface area contributed by atoms with Crippen molar-refractivity contribution < 1.29 is 0 Å². The Kier molecular flexibility index (Phi) is 5.93. The minimum Gasteiger partial charge on any atom is -0.253 e. The number of hydrogen-bond donors (Lipinski definition) is 0. The second kappa shape index (κ2) is 7.94. The van der Waals surface area contributed by atoms with Crippen LogP contribution in [0.1, 0.15) is 36.1 Å². The van der Waals surface area contributed by atoms with Crippen molar-refractivity contribution in [3.05, 3.63) is 95.2 Å². The van der Waals surface area contributed by atoms with Gasteiger partial charge in [-0.3, -0.25) is 4.99 Å². The highest BCUT2D eigenvalue weighted by atomic mass is 14.8. The van der Waals surface area contributed by atoms with Crippen molar-refractivity contribution in [1.82, 2.24) is 0 Å². The van der Waals surface area contributed by atoms with Crippen LogP contribution in [0.5, 0.6) is 0 Å². The molecular formula is C24H27N. The van der Waals surface area contributed by atoms with Gasteiger partial charge in [-0.15, -0.1) is 0 Å². The van der Waals surface area contributed by atoms with E-state index < -0.39 is 0 Å². The Morgan fingerprint density at radius 2 is 1.76 bits per heavy atom. The van der Waals surface area contributed by atoms with Gasteiger partial charge in [0.25, 0.3) is 0 Å². The fourth-order valence-electron chi connectivity index (χ4n) is 2.97. The Morgan fingerprint density at radius 1 is 1.04 bits per heavy atom.